The van der Waals surface area contributed by atoms with Crippen molar-refractivity contribution in [3.05, 3.63) is 0 Å². The summed E-state index contributed by atoms with van der Waals surface area (Å²) in [7, 11) is 3.06. The summed E-state index contributed by atoms with van der Waals surface area (Å²) in [5.41, 5.74) is -1.25. The van der Waals surface area contributed by atoms with Crippen molar-refractivity contribution in [2.75, 3.05) is 53.9 Å². The highest BCUT2D eigenvalue weighted by Crippen LogP contribution is 2.24. The average molecular weight is 322 g/mol. The number of carbonyl (C=O) groups excluding carboxylic acids is 1. The first-order valence-corrected chi connectivity index (χ1v) is 7.46. The molecule has 0 rings (SSSR count). The highest BCUT2D eigenvalue weighted by Gasteiger charge is 2.32. The van der Waals surface area contributed by atoms with Crippen molar-refractivity contribution < 1.29 is 34.0 Å². The van der Waals surface area contributed by atoms with Gasteiger partial charge in [0.2, 0.25) is 0 Å². The van der Waals surface area contributed by atoms with E-state index in [1.165, 1.54) is 14.2 Å². The summed E-state index contributed by atoms with van der Waals surface area (Å²) in [6.07, 6.45) is 0.373. The molecular formula is C15H30O7. The molecule has 7 nitrogen and oxygen atoms in total. The molecule has 0 aromatic heterocycles. The number of rotatable bonds is 12. The lowest BCUT2D eigenvalue weighted by Gasteiger charge is -2.30. The second-order valence-electron chi connectivity index (χ2n) is 5.72. The molecule has 0 saturated heterocycles. The Bertz CT molecular complexity index is 270. The van der Waals surface area contributed by atoms with E-state index in [1.54, 1.807) is 0 Å². The van der Waals surface area contributed by atoms with E-state index in [-0.39, 0.29) is 39.6 Å². The summed E-state index contributed by atoms with van der Waals surface area (Å²) < 4.78 is 20.3. The molecule has 22 heavy (non-hydrogen) atoms. The number of carbonyl (C=O) groups is 1. The summed E-state index contributed by atoms with van der Waals surface area (Å²) in [4.78, 5) is 11.7. The fourth-order valence-electron chi connectivity index (χ4n) is 1.98. The van der Waals surface area contributed by atoms with E-state index in [0.717, 1.165) is 0 Å². The Labute approximate surface area is 132 Å². The molecule has 2 unspecified atom stereocenters. The van der Waals surface area contributed by atoms with Gasteiger partial charge < -0.3 is 29.2 Å². The molecule has 7 heteroatoms. The molecule has 2 atom stereocenters. The second-order valence-corrected chi connectivity index (χ2v) is 5.72. The molecule has 132 valence electrons. The van der Waals surface area contributed by atoms with Gasteiger partial charge in [-0.15, -0.1) is 0 Å². The van der Waals surface area contributed by atoms with E-state index in [0.29, 0.717) is 12.8 Å². The number of ether oxygens (including phenoxy) is 4. The van der Waals surface area contributed by atoms with Gasteiger partial charge in [-0.25, -0.2) is 4.79 Å². The second kappa shape index (κ2) is 10.8. The van der Waals surface area contributed by atoms with Gasteiger partial charge in [-0.3, -0.25) is 0 Å². The Morgan fingerprint density at radius 1 is 0.818 bits per heavy atom. The smallest absolute Gasteiger partial charge is 0.434 e. The lowest BCUT2D eigenvalue weighted by molar-refractivity contribution is -0.0601. The Morgan fingerprint density at radius 2 is 1.18 bits per heavy atom. The highest BCUT2D eigenvalue weighted by molar-refractivity contribution is 5.59. The minimum Gasteiger partial charge on any atom is -0.434 e. The Kier molecular flexibility index (Phi) is 10.3. The zero-order valence-corrected chi connectivity index (χ0v) is 14.1. The molecule has 0 aromatic rings. The van der Waals surface area contributed by atoms with E-state index in [2.05, 4.69) is 0 Å². The molecule has 0 aliphatic carbocycles. The summed E-state index contributed by atoms with van der Waals surface area (Å²) in [6, 6.07) is 0. The highest BCUT2D eigenvalue weighted by atomic mass is 16.7. The lowest BCUT2D eigenvalue weighted by atomic mass is 9.88. The van der Waals surface area contributed by atoms with Gasteiger partial charge in [-0.1, -0.05) is 13.8 Å². The van der Waals surface area contributed by atoms with E-state index >= 15 is 0 Å². The van der Waals surface area contributed by atoms with Crippen molar-refractivity contribution in [2.45, 2.75) is 26.7 Å². The molecule has 0 saturated carbocycles. The maximum atomic E-state index is 11.7. The normalized spacial score (nSPS) is 16.6. The Balaban J connectivity index is 4.43. The average Bonchev–Trinajstić information content (AvgIpc) is 2.55. The number of methoxy groups -OCH3 is 2. The molecule has 0 aliphatic rings. The molecule has 0 amide bonds. The van der Waals surface area contributed by atoms with Gasteiger partial charge in [0.25, 0.3) is 0 Å². The third kappa shape index (κ3) is 6.48. The summed E-state index contributed by atoms with van der Waals surface area (Å²) >= 11 is 0. The van der Waals surface area contributed by atoms with Crippen LogP contribution in [-0.4, -0.2) is 70.2 Å². The summed E-state index contributed by atoms with van der Waals surface area (Å²) in [6.45, 7) is 4.06. The topological polar surface area (TPSA) is 94.5 Å². The van der Waals surface area contributed by atoms with Gasteiger partial charge in [-0.05, 0) is 12.8 Å². The van der Waals surface area contributed by atoms with Gasteiger partial charge in [0, 0.05) is 14.2 Å². The SMILES string of the molecule is CCC(CO)(COC)COC(=O)OCC(CC)(CO)COC. The molecule has 0 aliphatic heterocycles. The van der Waals surface area contributed by atoms with Crippen molar-refractivity contribution in [3.63, 3.8) is 0 Å². The standard InChI is InChI=1S/C15H30O7/c1-5-14(7-16,9-19-3)11-21-13(18)22-12-15(6-2,8-17)10-20-4/h16-17H,5-12H2,1-4H3. The van der Waals surface area contributed by atoms with Crippen molar-refractivity contribution in [2.24, 2.45) is 10.8 Å². The summed E-state index contributed by atoms with van der Waals surface area (Å²) in [5.74, 6) is 0. The molecule has 0 heterocycles. The number of aliphatic hydroxyl groups is 2. The lowest BCUT2D eigenvalue weighted by Crippen LogP contribution is -2.38. The quantitative estimate of drug-likeness (QED) is 0.521. The first-order chi connectivity index (χ1) is 10.5. The molecule has 0 radical (unpaired) electrons. The van der Waals surface area contributed by atoms with E-state index in [4.69, 9.17) is 18.9 Å². The van der Waals surface area contributed by atoms with Crippen LogP contribution < -0.4 is 0 Å². The molecule has 2 N–H and O–H groups in total. The van der Waals surface area contributed by atoms with Crippen molar-refractivity contribution in [1.82, 2.24) is 0 Å². The van der Waals surface area contributed by atoms with Gasteiger partial charge in [0.05, 0.1) is 37.3 Å². The van der Waals surface area contributed by atoms with Crippen LogP contribution in [0.3, 0.4) is 0 Å². The van der Waals surface area contributed by atoms with Crippen molar-refractivity contribution >= 4 is 6.16 Å². The van der Waals surface area contributed by atoms with Crippen molar-refractivity contribution in [3.8, 4) is 0 Å². The first-order valence-electron chi connectivity index (χ1n) is 7.46. The van der Waals surface area contributed by atoms with Crippen molar-refractivity contribution in [1.29, 1.82) is 0 Å². The van der Waals surface area contributed by atoms with Crippen LogP contribution in [0.1, 0.15) is 26.7 Å². The van der Waals surface area contributed by atoms with Crippen LogP contribution in [0.15, 0.2) is 0 Å². The fraction of sp³-hybridized carbons (Fsp3) is 0.933. The predicted octanol–water partition coefficient (Wildman–Crippen LogP) is 1.21. The van der Waals surface area contributed by atoms with Gasteiger partial charge >= 0.3 is 6.16 Å². The fourth-order valence-corrected chi connectivity index (χ4v) is 1.98. The molecular weight excluding hydrogens is 292 g/mol. The zero-order valence-electron chi connectivity index (χ0n) is 14.1. The molecule has 0 bridgehead atoms. The third-order valence-corrected chi connectivity index (χ3v) is 4.06. The van der Waals surface area contributed by atoms with Crippen LogP contribution in [0, 0.1) is 10.8 Å². The van der Waals surface area contributed by atoms with Crippen LogP contribution in [0.2, 0.25) is 0 Å². The van der Waals surface area contributed by atoms with Crippen LogP contribution in [-0.2, 0) is 18.9 Å². The first kappa shape index (κ1) is 21.1. The summed E-state index contributed by atoms with van der Waals surface area (Å²) in [5, 5.41) is 18.9. The van der Waals surface area contributed by atoms with Crippen LogP contribution in [0.4, 0.5) is 4.79 Å². The maximum absolute atomic E-state index is 11.7. The zero-order chi connectivity index (χ0) is 17.1. The third-order valence-electron chi connectivity index (χ3n) is 4.06. The number of hydrogen-bond acceptors (Lipinski definition) is 7. The molecule has 0 aromatic carbocycles. The van der Waals surface area contributed by atoms with Crippen LogP contribution in [0.25, 0.3) is 0 Å². The van der Waals surface area contributed by atoms with Crippen LogP contribution >= 0.6 is 0 Å². The number of aliphatic hydroxyl groups excluding tert-OH is 2. The molecule has 0 fully saturated rings. The Hall–Kier alpha value is -0.890. The minimum atomic E-state index is -0.829. The largest absolute Gasteiger partial charge is 0.508 e. The number of hydrogen-bond donors (Lipinski definition) is 2. The maximum Gasteiger partial charge on any atom is 0.508 e. The Morgan fingerprint density at radius 3 is 1.41 bits per heavy atom. The van der Waals surface area contributed by atoms with Gasteiger partial charge in [0.15, 0.2) is 0 Å². The minimum absolute atomic E-state index is 0.00913. The van der Waals surface area contributed by atoms with E-state index in [9.17, 15) is 15.0 Å². The predicted molar refractivity (Wildman–Crippen MR) is 80.7 cm³/mol. The van der Waals surface area contributed by atoms with E-state index in [1.807, 2.05) is 13.8 Å². The van der Waals surface area contributed by atoms with Crippen LogP contribution in [0.5, 0.6) is 0 Å². The van der Waals surface area contributed by atoms with Gasteiger partial charge in [0.1, 0.15) is 13.2 Å². The molecule has 0 spiro atoms. The van der Waals surface area contributed by atoms with Gasteiger partial charge in [-0.2, -0.15) is 0 Å². The monoisotopic (exact) mass is 322 g/mol. The van der Waals surface area contributed by atoms with E-state index < -0.39 is 17.0 Å².